The lowest BCUT2D eigenvalue weighted by atomic mass is 9.96. The highest BCUT2D eigenvalue weighted by Gasteiger charge is 2.28. The van der Waals surface area contributed by atoms with Crippen molar-refractivity contribution in [2.45, 2.75) is 46.0 Å². The lowest BCUT2D eigenvalue weighted by Crippen LogP contribution is -2.38. The highest BCUT2D eigenvalue weighted by molar-refractivity contribution is 7.13. The molecule has 4 rings (SSSR count). The van der Waals surface area contributed by atoms with Gasteiger partial charge in [0, 0.05) is 36.4 Å². The maximum Gasteiger partial charge on any atom is 0.273 e. The number of nitrogens with one attached hydrogen (secondary N) is 1. The van der Waals surface area contributed by atoms with E-state index < -0.39 is 0 Å². The van der Waals surface area contributed by atoms with Crippen LogP contribution in [0.4, 0.5) is 0 Å². The predicted molar refractivity (Wildman–Crippen MR) is 111 cm³/mol. The molecule has 1 aliphatic rings. The normalized spacial score (nSPS) is 15.2. The number of benzene rings is 1. The van der Waals surface area contributed by atoms with Crippen LogP contribution in [-0.4, -0.2) is 44.1 Å². The summed E-state index contributed by atoms with van der Waals surface area (Å²) in [5.41, 5.74) is 4.07. The van der Waals surface area contributed by atoms with Crippen LogP contribution in [0.1, 0.15) is 58.9 Å². The third-order valence-electron chi connectivity index (χ3n) is 5.37. The molecule has 0 radical (unpaired) electrons. The van der Waals surface area contributed by atoms with Gasteiger partial charge in [-0.15, -0.1) is 11.3 Å². The van der Waals surface area contributed by atoms with Gasteiger partial charge < -0.3 is 4.90 Å². The van der Waals surface area contributed by atoms with E-state index in [1.165, 1.54) is 22.5 Å². The Labute approximate surface area is 169 Å². The number of aromatic amines is 1. The summed E-state index contributed by atoms with van der Waals surface area (Å²) in [7, 11) is 0. The average Bonchev–Trinajstić information content (AvgIpc) is 3.37. The van der Waals surface area contributed by atoms with Gasteiger partial charge >= 0.3 is 0 Å². The van der Waals surface area contributed by atoms with E-state index in [0.717, 1.165) is 54.6 Å². The maximum absolute atomic E-state index is 12.9. The summed E-state index contributed by atoms with van der Waals surface area (Å²) in [4.78, 5) is 24.0. The van der Waals surface area contributed by atoms with Gasteiger partial charge in [0.25, 0.3) is 5.91 Å². The number of amides is 1. The quantitative estimate of drug-likeness (QED) is 0.721. The highest BCUT2D eigenvalue weighted by Crippen LogP contribution is 2.30. The van der Waals surface area contributed by atoms with E-state index in [-0.39, 0.29) is 5.91 Å². The van der Waals surface area contributed by atoms with Gasteiger partial charge in [0.15, 0.2) is 5.82 Å². The summed E-state index contributed by atoms with van der Waals surface area (Å²) < 4.78 is 0. The molecule has 0 unspecified atom stereocenters. The smallest absolute Gasteiger partial charge is 0.273 e. The molecule has 1 aliphatic heterocycles. The van der Waals surface area contributed by atoms with E-state index in [0.29, 0.717) is 11.6 Å². The molecule has 3 aromatic rings. The Morgan fingerprint density at radius 2 is 2.04 bits per heavy atom. The van der Waals surface area contributed by atoms with Gasteiger partial charge in [0.2, 0.25) is 0 Å². The zero-order valence-corrected chi connectivity index (χ0v) is 17.3. The fraction of sp³-hybridized carbons (Fsp3) is 0.429. The van der Waals surface area contributed by atoms with Crippen molar-refractivity contribution in [1.82, 2.24) is 25.1 Å². The van der Waals surface area contributed by atoms with Crippen molar-refractivity contribution in [3.05, 3.63) is 52.0 Å². The number of likely N-dealkylation sites (tertiary alicyclic amines) is 1. The molecule has 146 valence electrons. The number of hydrogen-bond donors (Lipinski definition) is 1. The number of piperidine rings is 1. The molecule has 0 bridgehead atoms. The Balaban J connectivity index is 1.42. The average molecular weight is 396 g/mol. The van der Waals surface area contributed by atoms with Gasteiger partial charge in [-0.2, -0.15) is 5.10 Å². The van der Waals surface area contributed by atoms with Crippen molar-refractivity contribution in [1.29, 1.82) is 0 Å². The summed E-state index contributed by atoms with van der Waals surface area (Å²) in [5, 5.41) is 10.1. The van der Waals surface area contributed by atoms with Crippen LogP contribution >= 0.6 is 11.3 Å². The number of nitrogens with zero attached hydrogens (tertiary/aromatic N) is 4. The lowest BCUT2D eigenvalue weighted by molar-refractivity contribution is 0.0706. The molecule has 0 atom stereocenters. The number of carbonyl (C=O) groups is 1. The molecule has 1 N–H and O–H groups in total. The molecule has 1 aromatic carbocycles. The van der Waals surface area contributed by atoms with Crippen molar-refractivity contribution >= 4 is 17.2 Å². The van der Waals surface area contributed by atoms with E-state index in [2.05, 4.69) is 59.1 Å². The van der Waals surface area contributed by atoms with Crippen LogP contribution in [0.5, 0.6) is 0 Å². The van der Waals surface area contributed by atoms with E-state index in [9.17, 15) is 4.79 Å². The summed E-state index contributed by atoms with van der Waals surface area (Å²) in [6, 6.07) is 6.32. The Bertz CT molecular complexity index is 984. The Kier molecular flexibility index (Phi) is 5.26. The number of rotatable bonds is 4. The van der Waals surface area contributed by atoms with Crippen molar-refractivity contribution < 1.29 is 4.79 Å². The summed E-state index contributed by atoms with van der Waals surface area (Å²) in [5.74, 6) is 2.15. The lowest BCUT2D eigenvalue weighted by Gasteiger charge is -2.30. The molecular formula is C21H25N5OS. The van der Waals surface area contributed by atoms with Crippen molar-refractivity contribution in [3.8, 4) is 10.6 Å². The van der Waals surface area contributed by atoms with Gasteiger partial charge in [0.1, 0.15) is 16.5 Å². The maximum atomic E-state index is 12.9. The fourth-order valence-electron chi connectivity index (χ4n) is 3.70. The molecule has 1 amide bonds. The minimum atomic E-state index is 0.0231. The molecule has 7 heteroatoms. The fourth-order valence-corrected chi connectivity index (χ4v) is 4.59. The monoisotopic (exact) mass is 395 g/mol. The van der Waals surface area contributed by atoms with Crippen LogP contribution in [0.3, 0.4) is 0 Å². The van der Waals surface area contributed by atoms with E-state index in [1.807, 2.05) is 10.3 Å². The molecule has 0 aliphatic carbocycles. The first-order chi connectivity index (χ1) is 13.5. The number of carbonyl (C=O) groups excluding carboxylic acids is 1. The number of aromatic nitrogens is 4. The zero-order chi connectivity index (χ0) is 19.7. The van der Waals surface area contributed by atoms with Gasteiger partial charge in [-0.05, 0) is 32.3 Å². The second-order valence-corrected chi connectivity index (χ2v) is 8.27. The molecule has 3 heterocycles. The van der Waals surface area contributed by atoms with Crippen molar-refractivity contribution in [3.63, 3.8) is 0 Å². The van der Waals surface area contributed by atoms with Crippen molar-refractivity contribution in [2.24, 2.45) is 0 Å². The van der Waals surface area contributed by atoms with Crippen molar-refractivity contribution in [2.75, 3.05) is 13.1 Å². The summed E-state index contributed by atoms with van der Waals surface area (Å²) >= 11 is 1.53. The van der Waals surface area contributed by atoms with Crippen LogP contribution in [0.15, 0.2) is 23.6 Å². The second-order valence-electron chi connectivity index (χ2n) is 7.42. The standard InChI is InChI=1S/C21H25N5OS/c1-4-18-23-19(25-24-18)15-7-9-26(10-8-15)21(27)17-12-28-20(22-17)16-6-5-13(2)11-14(16)3/h5-6,11-12,15H,4,7-10H2,1-3H3,(H,23,24,25). The molecule has 1 saturated heterocycles. The van der Waals surface area contributed by atoms with Crippen LogP contribution in [0, 0.1) is 13.8 Å². The third-order valence-corrected chi connectivity index (χ3v) is 6.24. The molecule has 2 aromatic heterocycles. The highest BCUT2D eigenvalue weighted by atomic mass is 32.1. The first kappa shape index (κ1) is 18.8. The third kappa shape index (κ3) is 3.71. The van der Waals surface area contributed by atoms with Gasteiger partial charge in [-0.25, -0.2) is 9.97 Å². The Morgan fingerprint density at radius 3 is 2.71 bits per heavy atom. The van der Waals surface area contributed by atoms with Crippen LogP contribution in [0.25, 0.3) is 10.6 Å². The molecule has 1 fully saturated rings. The minimum Gasteiger partial charge on any atom is -0.337 e. The molecule has 0 saturated carbocycles. The molecule has 28 heavy (non-hydrogen) atoms. The SMILES string of the molecule is CCc1nc(C2CCN(C(=O)c3csc(-c4ccc(C)cc4C)n3)CC2)n[nH]1. The van der Waals surface area contributed by atoms with Crippen LogP contribution in [0.2, 0.25) is 0 Å². The van der Waals surface area contributed by atoms with E-state index in [4.69, 9.17) is 0 Å². The number of thiazole rings is 1. The first-order valence-electron chi connectivity index (χ1n) is 9.78. The van der Waals surface area contributed by atoms with Gasteiger partial charge in [-0.1, -0.05) is 30.7 Å². The minimum absolute atomic E-state index is 0.0231. The topological polar surface area (TPSA) is 74.8 Å². The first-order valence-corrected chi connectivity index (χ1v) is 10.7. The molecular weight excluding hydrogens is 370 g/mol. The largest absolute Gasteiger partial charge is 0.337 e. The Morgan fingerprint density at radius 1 is 1.25 bits per heavy atom. The number of aryl methyl sites for hydroxylation is 3. The van der Waals surface area contributed by atoms with E-state index in [1.54, 1.807) is 0 Å². The van der Waals surface area contributed by atoms with Crippen LogP contribution in [-0.2, 0) is 6.42 Å². The van der Waals surface area contributed by atoms with Gasteiger partial charge in [0.05, 0.1) is 0 Å². The number of H-pyrrole nitrogens is 1. The zero-order valence-electron chi connectivity index (χ0n) is 16.5. The summed E-state index contributed by atoms with van der Waals surface area (Å²) in [6.45, 7) is 7.67. The van der Waals surface area contributed by atoms with Gasteiger partial charge in [-0.3, -0.25) is 9.89 Å². The van der Waals surface area contributed by atoms with Crippen LogP contribution < -0.4 is 0 Å². The second kappa shape index (κ2) is 7.83. The molecule has 6 nitrogen and oxygen atoms in total. The molecule has 0 spiro atoms. The Hall–Kier alpha value is -2.54. The predicted octanol–water partition coefficient (Wildman–Crippen LogP) is 4.13. The number of hydrogen-bond acceptors (Lipinski definition) is 5. The van der Waals surface area contributed by atoms with E-state index >= 15 is 0 Å². The summed E-state index contributed by atoms with van der Waals surface area (Å²) in [6.07, 6.45) is 2.64.